The number of nitrogens with zero attached hydrogens (tertiary/aromatic N) is 2. The summed E-state index contributed by atoms with van der Waals surface area (Å²) in [4.78, 5) is 41.5. The molecule has 10 heteroatoms. The van der Waals surface area contributed by atoms with Crippen molar-refractivity contribution in [2.75, 3.05) is 31.3 Å². The second-order valence-corrected chi connectivity index (χ2v) is 13.5. The maximum absolute atomic E-state index is 13.1. The summed E-state index contributed by atoms with van der Waals surface area (Å²) in [7, 11) is 1.38. The summed E-state index contributed by atoms with van der Waals surface area (Å²) in [5.41, 5.74) is 3.93. The molecule has 4 heterocycles. The van der Waals surface area contributed by atoms with Crippen molar-refractivity contribution in [1.82, 2.24) is 9.47 Å². The van der Waals surface area contributed by atoms with E-state index in [0.29, 0.717) is 33.3 Å². The molecule has 208 valence electrons. The van der Waals surface area contributed by atoms with Gasteiger partial charge in [0.25, 0.3) is 5.56 Å². The number of esters is 1. The smallest absolute Gasteiger partial charge is 0.341 e. The van der Waals surface area contributed by atoms with Gasteiger partial charge in [0.15, 0.2) is 0 Å². The molecule has 0 spiro atoms. The number of aromatic nitrogens is 1. The first-order valence-electron chi connectivity index (χ1n) is 13.6. The van der Waals surface area contributed by atoms with Crippen LogP contribution in [0.15, 0.2) is 53.3 Å². The Kier molecular flexibility index (Phi) is 7.83. The van der Waals surface area contributed by atoms with E-state index in [2.05, 4.69) is 34.5 Å². The number of carbonyl (C=O) groups excluding carboxylic acids is 2. The third-order valence-corrected chi connectivity index (χ3v) is 10.9. The standard InChI is InChI=1S/C30H31N3O4S3/c1-37-29(36)27-22-11-10-20(19-6-3-2-4-7-19)13-24(22)40-28(27)31-25(34)17-39-30(38)32-14-18-12-21(16-32)23-8-5-9-26(35)33(23)15-18/h2-9,18,20-21H,10-17H2,1H3,(H,31,34)/t18-,20-,21+/m0/s1. The number of amides is 1. The number of rotatable bonds is 5. The number of thiophene rings is 1. The van der Waals surface area contributed by atoms with Gasteiger partial charge in [-0.15, -0.1) is 11.3 Å². The third kappa shape index (κ3) is 5.36. The number of nitrogens with one attached hydrogen (secondary N) is 1. The Morgan fingerprint density at radius 1 is 1.10 bits per heavy atom. The molecule has 0 radical (unpaired) electrons. The lowest BCUT2D eigenvalue weighted by Crippen LogP contribution is -2.48. The van der Waals surface area contributed by atoms with Crippen LogP contribution in [0, 0.1) is 5.92 Å². The number of hydrogen-bond acceptors (Lipinski definition) is 7. The number of anilines is 1. The molecule has 6 rings (SSSR count). The number of benzene rings is 1. The van der Waals surface area contributed by atoms with Crippen LogP contribution in [0.3, 0.4) is 0 Å². The Morgan fingerprint density at radius 3 is 2.73 bits per heavy atom. The normalized spacial score (nSPS) is 21.2. The lowest BCUT2D eigenvalue weighted by Gasteiger charge is -2.43. The van der Waals surface area contributed by atoms with Crippen molar-refractivity contribution < 1.29 is 14.3 Å². The average molecular weight is 594 g/mol. The number of thiocarbonyl (C=S) groups is 1. The van der Waals surface area contributed by atoms with Gasteiger partial charge in [-0.2, -0.15) is 0 Å². The third-order valence-electron chi connectivity index (χ3n) is 8.24. The second-order valence-electron chi connectivity index (χ2n) is 10.8. The number of carbonyl (C=O) groups is 2. The van der Waals surface area contributed by atoms with E-state index in [1.807, 2.05) is 22.8 Å². The zero-order chi connectivity index (χ0) is 27.8. The molecule has 40 heavy (non-hydrogen) atoms. The van der Waals surface area contributed by atoms with Crippen LogP contribution in [-0.4, -0.2) is 51.6 Å². The van der Waals surface area contributed by atoms with Crippen molar-refractivity contribution in [3.05, 3.63) is 86.1 Å². The van der Waals surface area contributed by atoms with Gasteiger partial charge in [-0.05, 0) is 54.7 Å². The van der Waals surface area contributed by atoms with Gasteiger partial charge in [0.2, 0.25) is 5.91 Å². The summed E-state index contributed by atoms with van der Waals surface area (Å²) in [6.45, 7) is 2.25. The van der Waals surface area contributed by atoms with Gasteiger partial charge in [-0.1, -0.05) is 60.4 Å². The van der Waals surface area contributed by atoms with Gasteiger partial charge < -0.3 is 19.5 Å². The minimum atomic E-state index is -0.409. The molecule has 2 bridgehead atoms. The monoisotopic (exact) mass is 593 g/mol. The molecule has 3 aromatic rings. The Morgan fingerprint density at radius 2 is 1.93 bits per heavy atom. The van der Waals surface area contributed by atoms with Crippen molar-refractivity contribution in [3.8, 4) is 0 Å². The maximum atomic E-state index is 13.1. The molecule has 3 atom stereocenters. The first kappa shape index (κ1) is 27.2. The van der Waals surface area contributed by atoms with E-state index in [4.69, 9.17) is 17.0 Å². The van der Waals surface area contributed by atoms with Crippen molar-refractivity contribution in [2.45, 2.75) is 44.1 Å². The number of likely N-dealkylation sites (tertiary alicyclic amines) is 1. The van der Waals surface area contributed by atoms with Crippen molar-refractivity contribution >= 4 is 56.5 Å². The summed E-state index contributed by atoms with van der Waals surface area (Å²) >= 11 is 8.58. The average Bonchev–Trinajstić information content (AvgIpc) is 3.33. The number of hydrogen-bond donors (Lipinski definition) is 1. The predicted octanol–water partition coefficient (Wildman–Crippen LogP) is 5.04. The van der Waals surface area contributed by atoms with E-state index >= 15 is 0 Å². The molecule has 1 aromatic carbocycles. The summed E-state index contributed by atoms with van der Waals surface area (Å²) in [5.74, 6) is 0.575. The van der Waals surface area contributed by atoms with E-state index in [0.717, 1.165) is 54.9 Å². The molecule has 7 nitrogen and oxygen atoms in total. The number of ether oxygens (including phenoxy) is 1. The Labute approximate surface area is 246 Å². The quantitative estimate of drug-likeness (QED) is 0.328. The molecule has 1 amide bonds. The van der Waals surface area contributed by atoms with Crippen LogP contribution < -0.4 is 10.9 Å². The topological polar surface area (TPSA) is 80.6 Å². The second kappa shape index (κ2) is 11.5. The highest BCUT2D eigenvalue weighted by Gasteiger charge is 2.36. The fourth-order valence-corrected chi connectivity index (χ4v) is 8.74. The molecule has 0 saturated carbocycles. The minimum Gasteiger partial charge on any atom is -0.465 e. The molecule has 0 unspecified atom stereocenters. The van der Waals surface area contributed by atoms with Crippen LogP contribution in [0.4, 0.5) is 5.00 Å². The first-order valence-corrected chi connectivity index (χ1v) is 15.8. The van der Waals surface area contributed by atoms with Gasteiger partial charge >= 0.3 is 5.97 Å². The number of pyridine rings is 1. The van der Waals surface area contributed by atoms with Gasteiger partial charge in [-0.25, -0.2) is 4.79 Å². The molecule has 3 aliphatic rings. The summed E-state index contributed by atoms with van der Waals surface area (Å²) in [5, 5.41) is 3.56. The fraction of sp³-hybridized carbons (Fsp3) is 0.400. The zero-order valence-corrected chi connectivity index (χ0v) is 24.7. The van der Waals surface area contributed by atoms with Crippen LogP contribution in [0.5, 0.6) is 0 Å². The molecule has 1 N–H and O–H groups in total. The van der Waals surface area contributed by atoms with Gasteiger partial charge in [0.1, 0.15) is 9.32 Å². The Balaban J connectivity index is 1.11. The molecule has 1 fully saturated rings. The lowest BCUT2D eigenvalue weighted by atomic mass is 9.83. The molecular weight excluding hydrogens is 563 g/mol. The molecule has 2 aliphatic heterocycles. The van der Waals surface area contributed by atoms with Crippen molar-refractivity contribution in [3.63, 3.8) is 0 Å². The zero-order valence-electron chi connectivity index (χ0n) is 22.3. The Bertz CT molecular complexity index is 1520. The van der Waals surface area contributed by atoms with Gasteiger partial charge in [-0.3, -0.25) is 9.59 Å². The van der Waals surface area contributed by atoms with Crippen LogP contribution in [0.25, 0.3) is 0 Å². The van der Waals surface area contributed by atoms with E-state index in [1.165, 1.54) is 35.8 Å². The number of fused-ring (bicyclic) bond motifs is 5. The highest BCUT2D eigenvalue weighted by Crippen LogP contribution is 2.43. The van der Waals surface area contributed by atoms with E-state index in [-0.39, 0.29) is 23.1 Å². The van der Waals surface area contributed by atoms with Gasteiger partial charge in [0.05, 0.1) is 18.4 Å². The summed E-state index contributed by atoms with van der Waals surface area (Å²) in [6, 6.07) is 15.9. The SMILES string of the molecule is COC(=O)c1c(NC(=O)CSC(=S)N2C[C@@H]3C[C@H](C2)c2cccc(=O)n2C3)sc2c1CC[C@H](c1ccccc1)C2. The van der Waals surface area contributed by atoms with Crippen molar-refractivity contribution in [2.24, 2.45) is 5.92 Å². The highest BCUT2D eigenvalue weighted by molar-refractivity contribution is 8.23. The first-order chi connectivity index (χ1) is 19.4. The van der Waals surface area contributed by atoms with Crippen LogP contribution in [0.2, 0.25) is 0 Å². The summed E-state index contributed by atoms with van der Waals surface area (Å²) in [6.07, 6.45) is 3.62. The highest BCUT2D eigenvalue weighted by atomic mass is 32.2. The number of methoxy groups -OCH3 is 1. The van der Waals surface area contributed by atoms with Crippen molar-refractivity contribution in [1.29, 1.82) is 0 Å². The molecule has 1 aliphatic carbocycles. The maximum Gasteiger partial charge on any atom is 0.341 e. The van der Waals surface area contributed by atoms with Crippen LogP contribution >= 0.6 is 35.3 Å². The van der Waals surface area contributed by atoms with Crippen LogP contribution in [-0.2, 0) is 28.9 Å². The van der Waals surface area contributed by atoms with Gasteiger partial charge in [0, 0.05) is 42.2 Å². The Hall–Kier alpha value is -2.95. The molecular formula is C30H31N3O4S3. The minimum absolute atomic E-state index is 0.0615. The molecule has 2 aromatic heterocycles. The van der Waals surface area contributed by atoms with E-state index < -0.39 is 5.97 Å². The van der Waals surface area contributed by atoms with Crippen LogP contribution in [0.1, 0.15) is 56.7 Å². The summed E-state index contributed by atoms with van der Waals surface area (Å²) < 4.78 is 7.70. The lowest BCUT2D eigenvalue weighted by molar-refractivity contribution is -0.113. The number of thioether (sulfide) groups is 1. The number of piperidine rings is 1. The largest absolute Gasteiger partial charge is 0.465 e. The van der Waals surface area contributed by atoms with E-state index in [9.17, 15) is 14.4 Å². The fourth-order valence-electron chi connectivity index (χ4n) is 6.43. The predicted molar refractivity (Wildman–Crippen MR) is 164 cm³/mol. The van der Waals surface area contributed by atoms with E-state index in [1.54, 1.807) is 6.07 Å². The molecule has 1 saturated heterocycles.